The van der Waals surface area contributed by atoms with Crippen molar-refractivity contribution in [1.29, 1.82) is 0 Å². The highest BCUT2D eigenvalue weighted by atomic mass is 16.1. The molecule has 1 aromatic carbocycles. The summed E-state index contributed by atoms with van der Waals surface area (Å²) in [4.78, 5) is 19.1. The monoisotopic (exact) mass is 365 g/mol. The Bertz CT molecular complexity index is 694. The Morgan fingerprint density at radius 2 is 1.78 bits per heavy atom. The predicted molar refractivity (Wildman–Crippen MR) is 109 cm³/mol. The maximum absolute atomic E-state index is 12.2. The second kappa shape index (κ2) is 9.65. The highest BCUT2D eigenvalue weighted by Crippen LogP contribution is 2.38. The number of hydrogen-bond donors (Lipinski definition) is 1. The molecule has 0 radical (unpaired) electrons. The third-order valence-corrected chi connectivity index (χ3v) is 5.68. The molecule has 1 atom stereocenters. The minimum absolute atomic E-state index is 0.128. The Kier molecular flexibility index (Phi) is 6.99. The van der Waals surface area contributed by atoms with Crippen LogP contribution in [0.15, 0.2) is 54.7 Å². The van der Waals surface area contributed by atoms with Crippen molar-refractivity contribution in [3.63, 3.8) is 0 Å². The van der Waals surface area contributed by atoms with Gasteiger partial charge in [-0.15, -0.1) is 0 Å². The number of pyridine rings is 1. The van der Waals surface area contributed by atoms with Gasteiger partial charge in [0.1, 0.15) is 0 Å². The number of rotatable bonds is 7. The molecule has 1 aliphatic carbocycles. The molecule has 1 aliphatic rings. The molecule has 1 aromatic heterocycles. The minimum Gasteiger partial charge on any atom is -0.356 e. The Morgan fingerprint density at radius 3 is 2.41 bits per heavy atom. The summed E-state index contributed by atoms with van der Waals surface area (Å²) in [6.07, 6.45) is 7.09. The van der Waals surface area contributed by atoms with Crippen LogP contribution in [0.3, 0.4) is 0 Å². The van der Waals surface area contributed by atoms with Crippen LogP contribution in [-0.4, -0.2) is 36.4 Å². The Hall–Kier alpha value is -2.20. The van der Waals surface area contributed by atoms with E-state index in [-0.39, 0.29) is 5.91 Å². The van der Waals surface area contributed by atoms with E-state index in [0.29, 0.717) is 24.3 Å². The third-order valence-electron chi connectivity index (χ3n) is 5.68. The zero-order valence-corrected chi connectivity index (χ0v) is 16.5. The van der Waals surface area contributed by atoms with Crippen molar-refractivity contribution in [1.82, 2.24) is 15.2 Å². The van der Waals surface area contributed by atoms with Gasteiger partial charge in [0, 0.05) is 12.7 Å². The summed E-state index contributed by atoms with van der Waals surface area (Å²) in [6, 6.07) is 16.5. The Labute approximate surface area is 163 Å². The summed E-state index contributed by atoms with van der Waals surface area (Å²) in [5.41, 5.74) is 2.24. The highest BCUT2D eigenvalue weighted by Gasteiger charge is 2.30. The van der Waals surface area contributed by atoms with Crippen LogP contribution in [0.5, 0.6) is 0 Å². The van der Waals surface area contributed by atoms with Gasteiger partial charge < -0.3 is 10.2 Å². The first-order valence-electron chi connectivity index (χ1n) is 10.0. The van der Waals surface area contributed by atoms with Crippen LogP contribution in [0.1, 0.15) is 43.0 Å². The molecule has 1 heterocycles. The van der Waals surface area contributed by atoms with E-state index >= 15 is 0 Å². The molecule has 4 heteroatoms. The normalized spacial score (nSPS) is 21.0. The Morgan fingerprint density at radius 1 is 1.07 bits per heavy atom. The maximum Gasteiger partial charge on any atom is 0.224 e. The van der Waals surface area contributed by atoms with Gasteiger partial charge in [-0.2, -0.15) is 0 Å². The molecule has 1 saturated carbocycles. The molecule has 0 saturated heterocycles. The third kappa shape index (κ3) is 5.64. The standard InChI is InChI=1S/C23H31N3O/c1-26(2)23(21-10-6-7-15-24-21)20-13-11-19(12-14-20)17-25-22(27)16-18-8-4-3-5-9-18/h3-10,15,19-20,23H,11-14,16-17H2,1-2H3,(H,25,27)/t19?,20?,23-/m0/s1. The van der Waals surface area contributed by atoms with Crippen molar-refractivity contribution in [2.45, 2.75) is 38.1 Å². The van der Waals surface area contributed by atoms with E-state index in [1.165, 1.54) is 31.4 Å². The lowest BCUT2D eigenvalue weighted by molar-refractivity contribution is -0.120. The van der Waals surface area contributed by atoms with Gasteiger partial charge in [0.2, 0.25) is 5.91 Å². The SMILES string of the molecule is CN(C)[C@H](c1ccccn1)C1CCC(CNC(=O)Cc2ccccc2)CC1. The van der Waals surface area contributed by atoms with Gasteiger partial charge in [-0.1, -0.05) is 36.4 Å². The summed E-state index contributed by atoms with van der Waals surface area (Å²) in [7, 11) is 4.30. The van der Waals surface area contributed by atoms with E-state index in [4.69, 9.17) is 0 Å². The fourth-order valence-electron chi connectivity index (χ4n) is 4.29. The van der Waals surface area contributed by atoms with Gasteiger partial charge in [-0.3, -0.25) is 9.78 Å². The molecule has 27 heavy (non-hydrogen) atoms. The first-order valence-corrected chi connectivity index (χ1v) is 10.0. The molecule has 1 amide bonds. The lowest BCUT2D eigenvalue weighted by Gasteiger charge is -2.37. The van der Waals surface area contributed by atoms with E-state index in [9.17, 15) is 4.79 Å². The lowest BCUT2D eigenvalue weighted by atomic mass is 9.77. The summed E-state index contributed by atoms with van der Waals surface area (Å²) < 4.78 is 0. The number of aromatic nitrogens is 1. The summed E-state index contributed by atoms with van der Waals surface area (Å²) in [5.74, 6) is 1.35. The van der Waals surface area contributed by atoms with Crippen molar-refractivity contribution >= 4 is 5.91 Å². The number of benzene rings is 1. The Balaban J connectivity index is 1.46. The van der Waals surface area contributed by atoms with Crippen LogP contribution in [0.2, 0.25) is 0 Å². The van der Waals surface area contributed by atoms with Gasteiger partial charge in [-0.25, -0.2) is 0 Å². The van der Waals surface area contributed by atoms with Crippen molar-refractivity contribution < 1.29 is 4.79 Å². The van der Waals surface area contributed by atoms with Crippen molar-refractivity contribution in [2.24, 2.45) is 11.8 Å². The fourth-order valence-corrected chi connectivity index (χ4v) is 4.29. The zero-order chi connectivity index (χ0) is 19.1. The number of nitrogens with one attached hydrogen (secondary N) is 1. The second-order valence-electron chi connectivity index (χ2n) is 7.91. The molecule has 2 aromatic rings. The zero-order valence-electron chi connectivity index (χ0n) is 16.5. The molecule has 4 nitrogen and oxygen atoms in total. The van der Waals surface area contributed by atoms with Gasteiger partial charge in [-0.05, 0) is 69.3 Å². The van der Waals surface area contributed by atoms with Crippen LogP contribution in [0, 0.1) is 11.8 Å². The van der Waals surface area contributed by atoms with Gasteiger partial charge >= 0.3 is 0 Å². The summed E-state index contributed by atoms with van der Waals surface area (Å²) in [6.45, 7) is 0.800. The average Bonchev–Trinajstić information content (AvgIpc) is 2.69. The molecule has 0 unspecified atom stereocenters. The topological polar surface area (TPSA) is 45.2 Å². The highest BCUT2D eigenvalue weighted by molar-refractivity contribution is 5.78. The molecular weight excluding hydrogens is 334 g/mol. The number of carbonyl (C=O) groups excluding carboxylic acids is 1. The number of nitrogens with zero attached hydrogens (tertiary/aromatic N) is 2. The quantitative estimate of drug-likeness (QED) is 0.811. The molecule has 1 fully saturated rings. The van der Waals surface area contributed by atoms with E-state index in [1.807, 2.05) is 42.6 Å². The van der Waals surface area contributed by atoms with E-state index in [2.05, 4.69) is 41.4 Å². The van der Waals surface area contributed by atoms with Gasteiger partial charge in [0.25, 0.3) is 0 Å². The number of amides is 1. The lowest BCUT2D eigenvalue weighted by Crippen LogP contribution is -2.35. The largest absolute Gasteiger partial charge is 0.356 e. The predicted octanol–water partition coefficient (Wildman–Crippen LogP) is 3.85. The summed E-state index contributed by atoms with van der Waals surface area (Å²) in [5, 5.41) is 3.14. The fraction of sp³-hybridized carbons (Fsp3) is 0.478. The molecule has 3 rings (SSSR count). The molecule has 1 N–H and O–H groups in total. The van der Waals surface area contributed by atoms with Crippen molar-refractivity contribution in [3.8, 4) is 0 Å². The maximum atomic E-state index is 12.2. The van der Waals surface area contributed by atoms with Crippen LogP contribution >= 0.6 is 0 Å². The van der Waals surface area contributed by atoms with Crippen LogP contribution in [0.4, 0.5) is 0 Å². The van der Waals surface area contributed by atoms with Gasteiger partial charge in [0.15, 0.2) is 0 Å². The summed E-state index contributed by atoms with van der Waals surface area (Å²) >= 11 is 0. The second-order valence-corrected chi connectivity index (χ2v) is 7.91. The smallest absolute Gasteiger partial charge is 0.224 e. The van der Waals surface area contributed by atoms with E-state index in [1.54, 1.807) is 0 Å². The number of carbonyl (C=O) groups is 1. The molecule has 144 valence electrons. The number of hydrogen-bond acceptors (Lipinski definition) is 3. The first kappa shape index (κ1) is 19.6. The molecular formula is C23H31N3O. The first-order chi connectivity index (χ1) is 13.1. The van der Waals surface area contributed by atoms with Crippen LogP contribution in [-0.2, 0) is 11.2 Å². The van der Waals surface area contributed by atoms with Crippen molar-refractivity contribution in [2.75, 3.05) is 20.6 Å². The molecule has 0 bridgehead atoms. The van der Waals surface area contributed by atoms with Gasteiger partial charge in [0.05, 0.1) is 18.2 Å². The molecule has 0 aliphatic heterocycles. The van der Waals surface area contributed by atoms with E-state index in [0.717, 1.165) is 12.1 Å². The van der Waals surface area contributed by atoms with E-state index < -0.39 is 0 Å². The van der Waals surface area contributed by atoms with Crippen molar-refractivity contribution in [3.05, 3.63) is 66.0 Å². The minimum atomic E-state index is 0.128. The van der Waals surface area contributed by atoms with Crippen LogP contribution < -0.4 is 5.32 Å². The molecule has 0 spiro atoms. The average molecular weight is 366 g/mol. The van der Waals surface area contributed by atoms with Crippen LogP contribution in [0.25, 0.3) is 0 Å².